The molecular weight excluding hydrogens is 354 g/mol. The first kappa shape index (κ1) is 19.6. The number of allylic oxidation sites excluding steroid dienone is 1. The molecule has 0 saturated carbocycles. The van der Waals surface area contributed by atoms with Crippen molar-refractivity contribution in [3.63, 3.8) is 0 Å². The third kappa shape index (κ3) is 5.16. The van der Waals surface area contributed by atoms with Gasteiger partial charge in [-0.25, -0.2) is 0 Å². The van der Waals surface area contributed by atoms with Crippen molar-refractivity contribution >= 4 is 23.4 Å². The average molecular weight is 375 g/mol. The van der Waals surface area contributed by atoms with E-state index >= 15 is 0 Å². The van der Waals surface area contributed by atoms with Gasteiger partial charge in [-0.3, -0.25) is 19.5 Å². The molecule has 8 nitrogen and oxygen atoms in total. The van der Waals surface area contributed by atoms with E-state index in [1.165, 1.54) is 23.9 Å². The van der Waals surface area contributed by atoms with Crippen LogP contribution in [0, 0.1) is 10.1 Å². The summed E-state index contributed by atoms with van der Waals surface area (Å²) < 4.78 is 1.78. The summed E-state index contributed by atoms with van der Waals surface area (Å²) in [5.41, 5.74) is 0.259. The second-order valence-electron chi connectivity index (χ2n) is 6.60. The number of non-ortho nitro benzene ring substituents is 1. The Kier molecular flexibility index (Phi) is 6.14. The number of thioether (sulfide) groups is 1. The zero-order chi connectivity index (χ0) is 19.3. The van der Waals surface area contributed by atoms with Crippen LogP contribution in [0.4, 0.5) is 5.69 Å². The molecule has 1 aromatic carbocycles. The quantitative estimate of drug-likeness (QED) is 0.345. The molecule has 9 heteroatoms. The van der Waals surface area contributed by atoms with Gasteiger partial charge in [0, 0.05) is 29.8 Å². The summed E-state index contributed by atoms with van der Waals surface area (Å²) in [5.74, 6) is 0.585. The number of nitro groups is 1. The fraction of sp³-hybridized carbons (Fsp3) is 0.353. The summed E-state index contributed by atoms with van der Waals surface area (Å²) in [7, 11) is 0. The maximum absolute atomic E-state index is 12.0. The Bertz CT molecular complexity index is 826. The highest BCUT2D eigenvalue weighted by Crippen LogP contribution is 2.26. The van der Waals surface area contributed by atoms with Crippen LogP contribution in [0.3, 0.4) is 0 Å². The number of carbonyl (C=O) groups is 1. The molecule has 0 aliphatic heterocycles. The Balaban J connectivity index is 2.25. The minimum absolute atomic E-state index is 0.0191. The van der Waals surface area contributed by atoms with Crippen molar-refractivity contribution in [3.05, 3.63) is 47.0 Å². The third-order valence-electron chi connectivity index (χ3n) is 3.19. The van der Waals surface area contributed by atoms with Crippen LogP contribution in [-0.2, 0) is 11.3 Å². The Labute approximate surface area is 155 Å². The zero-order valence-corrected chi connectivity index (χ0v) is 15.7. The molecule has 1 N–H and O–H groups in total. The molecule has 26 heavy (non-hydrogen) atoms. The minimum atomic E-state index is -0.454. The van der Waals surface area contributed by atoms with E-state index in [0.717, 1.165) is 0 Å². The van der Waals surface area contributed by atoms with E-state index in [2.05, 4.69) is 22.1 Å². The highest BCUT2D eigenvalue weighted by molar-refractivity contribution is 7.99. The molecule has 0 saturated heterocycles. The third-order valence-corrected chi connectivity index (χ3v) is 4.16. The maximum Gasteiger partial charge on any atom is 0.270 e. The van der Waals surface area contributed by atoms with Crippen LogP contribution in [0.25, 0.3) is 11.4 Å². The molecule has 0 aliphatic rings. The standard InChI is InChI=1S/C17H21N5O3S/c1-5-9-21-15(12-7-6-8-13(10-12)22(24)25)19-20-16(21)26-11-14(23)18-17(2,3)4/h5-8,10H,1,9,11H2,2-4H3,(H,18,23). The van der Waals surface area contributed by atoms with E-state index in [4.69, 9.17) is 0 Å². The van der Waals surface area contributed by atoms with Gasteiger partial charge in [0.1, 0.15) is 0 Å². The first-order valence-corrected chi connectivity index (χ1v) is 8.92. The average Bonchev–Trinajstić information content (AvgIpc) is 2.95. The highest BCUT2D eigenvalue weighted by Gasteiger charge is 2.18. The first-order valence-electron chi connectivity index (χ1n) is 7.94. The summed E-state index contributed by atoms with van der Waals surface area (Å²) >= 11 is 1.26. The second kappa shape index (κ2) is 8.13. The molecule has 0 radical (unpaired) electrons. The number of hydrogen-bond acceptors (Lipinski definition) is 6. The predicted octanol–water partition coefficient (Wildman–Crippen LogP) is 3.05. The number of hydrogen-bond donors (Lipinski definition) is 1. The molecular formula is C17H21N5O3S. The van der Waals surface area contributed by atoms with E-state index in [-0.39, 0.29) is 22.9 Å². The molecule has 1 amide bonds. The monoisotopic (exact) mass is 375 g/mol. The number of nitrogens with zero attached hydrogens (tertiary/aromatic N) is 4. The summed E-state index contributed by atoms with van der Waals surface area (Å²) in [6, 6.07) is 6.20. The van der Waals surface area contributed by atoms with Crippen LogP contribution < -0.4 is 5.32 Å². The summed E-state index contributed by atoms with van der Waals surface area (Å²) in [6.07, 6.45) is 1.68. The van der Waals surface area contributed by atoms with Gasteiger partial charge >= 0.3 is 0 Å². The van der Waals surface area contributed by atoms with Crippen molar-refractivity contribution < 1.29 is 9.72 Å². The second-order valence-corrected chi connectivity index (χ2v) is 7.54. The van der Waals surface area contributed by atoms with Gasteiger partial charge in [-0.2, -0.15) is 0 Å². The fourth-order valence-corrected chi connectivity index (χ4v) is 2.99. The van der Waals surface area contributed by atoms with E-state index < -0.39 is 4.92 Å². The molecule has 2 rings (SSSR count). The van der Waals surface area contributed by atoms with Crippen molar-refractivity contribution in [1.82, 2.24) is 20.1 Å². The molecule has 0 bridgehead atoms. The van der Waals surface area contributed by atoms with Crippen molar-refractivity contribution in [2.75, 3.05) is 5.75 Å². The maximum atomic E-state index is 12.0. The lowest BCUT2D eigenvalue weighted by Crippen LogP contribution is -2.41. The van der Waals surface area contributed by atoms with Crippen molar-refractivity contribution in [2.45, 2.75) is 38.0 Å². The van der Waals surface area contributed by atoms with E-state index in [0.29, 0.717) is 23.1 Å². The van der Waals surface area contributed by atoms with E-state index in [9.17, 15) is 14.9 Å². The van der Waals surface area contributed by atoms with Gasteiger partial charge in [0.05, 0.1) is 10.7 Å². The highest BCUT2D eigenvalue weighted by atomic mass is 32.2. The van der Waals surface area contributed by atoms with Crippen LogP contribution in [0.5, 0.6) is 0 Å². The predicted molar refractivity (Wildman–Crippen MR) is 101 cm³/mol. The number of benzene rings is 1. The number of nitro benzene ring substituents is 1. The number of aromatic nitrogens is 3. The minimum Gasteiger partial charge on any atom is -0.351 e. The number of rotatable bonds is 7. The molecule has 0 unspecified atom stereocenters. The van der Waals surface area contributed by atoms with Crippen LogP contribution in [0.2, 0.25) is 0 Å². The molecule has 138 valence electrons. The lowest BCUT2D eigenvalue weighted by atomic mass is 10.1. The number of amides is 1. The van der Waals surface area contributed by atoms with Gasteiger partial charge in [0.25, 0.3) is 5.69 Å². The van der Waals surface area contributed by atoms with Crippen molar-refractivity contribution in [1.29, 1.82) is 0 Å². The number of carbonyl (C=O) groups excluding carboxylic acids is 1. The lowest BCUT2D eigenvalue weighted by molar-refractivity contribution is -0.384. The largest absolute Gasteiger partial charge is 0.351 e. The molecule has 2 aromatic rings. The van der Waals surface area contributed by atoms with Gasteiger partial charge < -0.3 is 5.32 Å². The van der Waals surface area contributed by atoms with Gasteiger partial charge in [-0.15, -0.1) is 16.8 Å². The zero-order valence-electron chi connectivity index (χ0n) is 14.9. The molecule has 0 spiro atoms. The lowest BCUT2D eigenvalue weighted by Gasteiger charge is -2.20. The molecule has 0 aliphatic carbocycles. The summed E-state index contributed by atoms with van der Waals surface area (Å²) in [4.78, 5) is 22.5. The van der Waals surface area contributed by atoms with Crippen molar-refractivity contribution in [3.8, 4) is 11.4 Å². The van der Waals surface area contributed by atoms with Crippen LogP contribution in [-0.4, -0.2) is 36.9 Å². The van der Waals surface area contributed by atoms with E-state index in [1.54, 1.807) is 22.8 Å². The normalized spacial score (nSPS) is 11.2. The molecule has 1 aromatic heterocycles. The summed E-state index contributed by atoms with van der Waals surface area (Å²) in [5, 5.41) is 22.7. The van der Waals surface area contributed by atoms with Gasteiger partial charge in [0.2, 0.25) is 5.91 Å². The van der Waals surface area contributed by atoms with Gasteiger partial charge in [0.15, 0.2) is 11.0 Å². The van der Waals surface area contributed by atoms with Crippen LogP contribution in [0.15, 0.2) is 42.1 Å². The molecule has 0 atom stereocenters. The Morgan fingerprint density at radius 1 is 1.42 bits per heavy atom. The van der Waals surface area contributed by atoms with Crippen LogP contribution >= 0.6 is 11.8 Å². The number of nitrogens with one attached hydrogen (secondary N) is 1. The fourth-order valence-electron chi connectivity index (χ4n) is 2.25. The van der Waals surface area contributed by atoms with Crippen molar-refractivity contribution in [2.24, 2.45) is 0 Å². The van der Waals surface area contributed by atoms with Gasteiger partial charge in [-0.1, -0.05) is 30.0 Å². The summed E-state index contributed by atoms with van der Waals surface area (Å²) in [6.45, 7) is 9.89. The molecule has 1 heterocycles. The Morgan fingerprint density at radius 2 is 2.15 bits per heavy atom. The molecule has 0 fully saturated rings. The van der Waals surface area contributed by atoms with Gasteiger partial charge in [-0.05, 0) is 20.8 Å². The smallest absolute Gasteiger partial charge is 0.270 e. The topological polar surface area (TPSA) is 103 Å². The first-order chi connectivity index (χ1) is 12.2. The van der Waals surface area contributed by atoms with E-state index in [1.807, 2.05) is 20.8 Å². The Hall–Kier alpha value is -2.68. The Morgan fingerprint density at radius 3 is 2.77 bits per heavy atom. The SMILES string of the molecule is C=CCn1c(SCC(=O)NC(C)(C)C)nnc1-c1cccc([N+](=O)[O-])c1. The van der Waals surface area contributed by atoms with Crippen LogP contribution in [0.1, 0.15) is 20.8 Å².